The number of thiol groups is 1. The van der Waals surface area contributed by atoms with Crippen molar-refractivity contribution in [1.82, 2.24) is 16.0 Å². The van der Waals surface area contributed by atoms with Crippen LogP contribution in [-0.4, -0.2) is 71.4 Å². The average molecular weight is 322 g/mol. The molecule has 7 N–H and O–H groups in total. The Balaban J connectivity index is 4.56. The molecule has 0 aromatic heterocycles. The molecule has 0 aliphatic carbocycles. The van der Waals surface area contributed by atoms with E-state index >= 15 is 0 Å². The van der Waals surface area contributed by atoms with Gasteiger partial charge in [0.2, 0.25) is 17.7 Å². The van der Waals surface area contributed by atoms with Crippen molar-refractivity contribution in [3.8, 4) is 0 Å². The average Bonchev–Trinajstić information content (AvgIpc) is 2.46. The molecular formula is C10H18N4O6S. The molecule has 0 aliphatic heterocycles. The Morgan fingerprint density at radius 3 is 2.14 bits per heavy atom. The summed E-state index contributed by atoms with van der Waals surface area (Å²) in [5.74, 6) is -3.52. The highest BCUT2D eigenvalue weighted by Crippen LogP contribution is 1.92. The third kappa shape index (κ3) is 7.48. The number of nitrogens with two attached hydrogens (primary N) is 1. The molecule has 0 rings (SSSR count). The second kappa shape index (κ2) is 9.96. The molecular weight excluding hydrogens is 304 g/mol. The molecule has 120 valence electrons. The van der Waals surface area contributed by atoms with E-state index in [1.165, 1.54) is 0 Å². The van der Waals surface area contributed by atoms with Crippen LogP contribution in [0.4, 0.5) is 0 Å². The summed E-state index contributed by atoms with van der Waals surface area (Å²) in [7, 11) is 0. The largest absolute Gasteiger partial charge is 0.480 e. The minimum atomic E-state index is -1.34. The van der Waals surface area contributed by atoms with Crippen LogP contribution in [0.25, 0.3) is 0 Å². The van der Waals surface area contributed by atoms with Gasteiger partial charge in [0.1, 0.15) is 18.6 Å². The van der Waals surface area contributed by atoms with Gasteiger partial charge in [-0.2, -0.15) is 12.6 Å². The number of amides is 3. The van der Waals surface area contributed by atoms with Crippen LogP contribution in [0.5, 0.6) is 0 Å². The fourth-order valence-electron chi connectivity index (χ4n) is 1.20. The molecule has 0 heterocycles. The van der Waals surface area contributed by atoms with Crippen LogP contribution in [0, 0.1) is 0 Å². The first-order valence-corrected chi connectivity index (χ1v) is 6.50. The van der Waals surface area contributed by atoms with Crippen molar-refractivity contribution in [2.24, 2.45) is 5.73 Å². The van der Waals surface area contributed by atoms with Gasteiger partial charge in [-0.15, -0.1) is 0 Å². The number of aliphatic hydroxyl groups is 1. The Morgan fingerprint density at radius 1 is 1.10 bits per heavy atom. The number of hydrogen-bond acceptors (Lipinski definition) is 7. The Kier molecular flexibility index (Phi) is 9.08. The number of carboxylic acid groups (broad SMARTS) is 1. The van der Waals surface area contributed by atoms with Gasteiger partial charge >= 0.3 is 5.97 Å². The second-order valence-corrected chi connectivity index (χ2v) is 4.23. The predicted molar refractivity (Wildman–Crippen MR) is 74.5 cm³/mol. The van der Waals surface area contributed by atoms with E-state index in [4.69, 9.17) is 15.9 Å². The first-order valence-electron chi connectivity index (χ1n) is 5.86. The Hall–Kier alpha value is -1.85. The minimum Gasteiger partial charge on any atom is -0.480 e. The van der Waals surface area contributed by atoms with E-state index in [0.29, 0.717) is 0 Å². The highest BCUT2D eigenvalue weighted by atomic mass is 32.1. The van der Waals surface area contributed by atoms with Gasteiger partial charge in [0.15, 0.2) is 0 Å². The quantitative estimate of drug-likeness (QED) is 0.212. The molecule has 3 amide bonds. The van der Waals surface area contributed by atoms with E-state index < -0.39 is 48.9 Å². The maximum absolute atomic E-state index is 11.8. The van der Waals surface area contributed by atoms with Gasteiger partial charge in [-0.3, -0.25) is 19.2 Å². The fraction of sp³-hybridized carbons (Fsp3) is 0.600. The summed E-state index contributed by atoms with van der Waals surface area (Å²) in [6, 6.07) is -2.38. The molecule has 10 nitrogen and oxygen atoms in total. The zero-order chi connectivity index (χ0) is 16.4. The minimum absolute atomic E-state index is 0.0491. The van der Waals surface area contributed by atoms with Crippen molar-refractivity contribution < 1.29 is 29.4 Å². The summed E-state index contributed by atoms with van der Waals surface area (Å²) in [4.78, 5) is 44.8. The molecule has 0 aromatic carbocycles. The summed E-state index contributed by atoms with van der Waals surface area (Å²) in [6.07, 6.45) is 0. The van der Waals surface area contributed by atoms with Crippen molar-refractivity contribution in [3.05, 3.63) is 0 Å². The van der Waals surface area contributed by atoms with E-state index in [1.54, 1.807) is 0 Å². The Bertz CT molecular complexity index is 405. The molecule has 0 fully saturated rings. The van der Waals surface area contributed by atoms with E-state index in [0.717, 1.165) is 0 Å². The van der Waals surface area contributed by atoms with Gasteiger partial charge in [0.05, 0.1) is 13.2 Å². The van der Waals surface area contributed by atoms with Crippen molar-refractivity contribution >= 4 is 36.3 Å². The first kappa shape index (κ1) is 19.1. The third-order valence-electron chi connectivity index (χ3n) is 2.25. The molecule has 0 aliphatic rings. The first-order chi connectivity index (χ1) is 9.85. The number of aliphatic carboxylic acids is 1. The summed E-state index contributed by atoms with van der Waals surface area (Å²) < 4.78 is 0. The molecule has 0 aromatic rings. The number of hydrogen-bond donors (Lipinski definition) is 7. The van der Waals surface area contributed by atoms with Crippen molar-refractivity contribution in [2.45, 2.75) is 12.1 Å². The molecule has 11 heteroatoms. The smallest absolute Gasteiger partial charge is 0.322 e. The predicted octanol–water partition coefficient (Wildman–Crippen LogP) is -3.96. The molecule has 0 spiro atoms. The fourth-order valence-corrected chi connectivity index (χ4v) is 1.46. The van der Waals surface area contributed by atoms with Crippen LogP contribution in [-0.2, 0) is 19.2 Å². The van der Waals surface area contributed by atoms with Crippen molar-refractivity contribution in [2.75, 3.05) is 25.4 Å². The van der Waals surface area contributed by atoms with E-state index in [9.17, 15) is 19.2 Å². The van der Waals surface area contributed by atoms with Crippen LogP contribution in [0.1, 0.15) is 0 Å². The highest BCUT2D eigenvalue weighted by molar-refractivity contribution is 7.80. The van der Waals surface area contributed by atoms with Gasteiger partial charge < -0.3 is 31.9 Å². The monoisotopic (exact) mass is 322 g/mol. The van der Waals surface area contributed by atoms with Crippen LogP contribution < -0.4 is 21.7 Å². The highest BCUT2D eigenvalue weighted by Gasteiger charge is 2.25. The normalized spacial score (nSPS) is 12.9. The standard InChI is InChI=1S/C10H18N4O6S/c11-1-7(16)13-6(4-21)10(20)14-5(3-15)9(19)12-2-8(17)18/h5-6,15,21H,1-4,11H2,(H,12,19)(H,13,16)(H,14,20)(H,17,18). The van der Waals surface area contributed by atoms with Crippen LogP contribution in [0.3, 0.4) is 0 Å². The van der Waals surface area contributed by atoms with Gasteiger partial charge in [0, 0.05) is 5.75 Å². The molecule has 2 atom stereocenters. The summed E-state index contributed by atoms with van der Waals surface area (Å²) in [5.41, 5.74) is 5.09. The molecule has 2 unspecified atom stereocenters. The van der Waals surface area contributed by atoms with Gasteiger partial charge in [-0.05, 0) is 0 Å². The van der Waals surface area contributed by atoms with Crippen molar-refractivity contribution in [1.29, 1.82) is 0 Å². The maximum Gasteiger partial charge on any atom is 0.322 e. The SMILES string of the molecule is NCC(=O)NC(CS)C(=O)NC(CO)C(=O)NCC(=O)O. The Morgan fingerprint density at radius 2 is 1.71 bits per heavy atom. The number of aliphatic hydroxyl groups excluding tert-OH is 1. The molecule has 21 heavy (non-hydrogen) atoms. The van der Waals surface area contributed by atoms with Crippen LogP contribution >= 0.6 is 12.6 Å². The lowest BCUT2D eigenvalue weighted by Gasteiger charge is -2.20. The molecule has 0 saturated carbocycles. The molecule has 0 saturated heterocycles. The van der Waals surface area contributed by atoms with Gasteiger partial charge in [-0.25, -0.2) is 0 Å². The molecule has 0 bridgehead atoms. The zero-order valence-corrected chi connectivity index (χ0v) is 11.9. The lowest BCUT2D eigenvalue weighted by molar-refractivity contribution is -0.138. The van der Waals surface area contributed by atoms with Crippen LogP contribution in [0.2, 0.25) is 0 Å². The van der Waals surface area contributed by atoms with Crippen molar-refractivity contribution in [3.63, 3.8) is 0 Å². The lowest BCUT2D eigenvalue weighted by atomic mass is 10.2. The topological polar surface area (TPSA) is 171 Å². The van der Waals surface area contributed by atoms with Gasteiger partial charge in [-0.1, -0.05) is 0 Å². The summed E-state index contributed by atoms with van der Waals surface area (Å²) >= 11 is 3.88. The summed E-state index contributed by atoms with van der Waals surface area (Å²) in [6.45, 7) is -1.70. The molecule has 0 radical (unpaired) electrons. The lowest BCUT2D eigenvalue weighted by Crippen LogP contribution is -2.56. The summed E-state index contributed by atoms with van der Waals surface area (Å²) in [5, 5.41) is 23.9. The third-order valence-corrected chi connectivity index (χ3v) is 2.61. The Labute approximate surface area is 125 Å². The van der Waals surface area contributed by atoms with E-state index in [2.05, 4.69) is 23.3 Å². The second-order valence-electron chi connectivity index (χ2n) is 3.86. The van der Waals surface area contributed by atoms with E-state index in [-0.39, 0.29) is 12.3 Å². The number of nitrogens with one attached hydrogen (secondary N) is 3. The van der Waals surface area contributed by atoms with Crippen LogP contribution in [0.15, 0.2) is 0 Å². The van der Waals surface area contributed by atoms with E-state index in [1.807, 2.05) is 5.32 Å². The maximum atomic E-state index is 11.8. The number of carbonyl (C=O) groups is 4. The number of carboxylic acids is 1. The van der Waals surface area contributed by atoms with Gasteiger partial charge in [0.25, 0.3) is 0 Å². The zero-order valence-electron chi connectivity index (χ0n) is 11.0. The number of rotatable bonds is 9. The number of carbonyl (C=O) groups excluding carboxylic acids is 3.